The molecule has 0 N–H and O–H groups in total. The molecule has 0 fully saturated rings. The molecule has 17 heavy (non-hydrogen) atoms. The van der Waals surface area contributed by atoms with E-state index in [1.165, 1.54) is 10.9 Å². The van der Waals surface area contributed by atoms with Crippen LogP contribution in [-0.2, 0) is 9.53 Å². The number of ether oxygens (including phenoxy) is 1. The largest absolute Gasteiger partial charge is 0.464 e. The van der Waals surface area contributed by atoms with E-state index in [0.29, 0.717) is 6.42 Å². The van der Waals surface area contributed by atoms with Gasteiger partial charge in [0, 0.05) is 0 Å². The highest BCUT2D eigenvalue weighted by Crippen LogP contribution is 2.25. The summed E-state index contributed by atoms with van der Waals surface area (Å²) in [5.41, 5.74) is 0. The lowest BCUT2D eigenvalue weighted by Crippen LogP contribution is -2.21. The number of halogens is 1. The quantitative estimate of drug-likeness (QED) is 0.472. The molecule has 0 aromatic carbocycles. The molecule has 0 saturated heterocycles. The van der Waals surface area contributed by atoms with Crippen molar-refractivity contribution in [1.29, 1.82) is 0 Å². The van der Waals surface area contributed by atoms with Gasteiger partial charge in [0.2, 0.25) is 0 Å². The zero-order valence-electron chi connectivity index (χ0n) is 9.42. The third-order valence-corrected chi connectivity index (χ3v) is 2.67. The Balaban J connectivity index is 3.00. The minimum atomic E-state index is -0.639. The summed E-state index contributed by atoms with van der Waals surface area (Å²) in [5, 5.41) is 14.4. The van der Waals surface area contributed by atoms with Gasteiger partial charge in [-0.15, -0.1) is 0 Å². The van der Waals surface area contributed by atoms with Crippen molar-refractivity contribution in [2.45, 2.75) is 26.3 Å². The van der Waals surface area contributed by atoms with Gasteiger partial charge in [-0.05, 0) is 34.2 Å². The monoisotopic (exact) mass is 305 g/mol. The van der Waals surface area contributed by atoms with Gasteiger partial charge < -0.3 is 14.9 Å². The molecule has 94 valence electrons. The molecular formula is C9H12BrN3O4. The van der Waals surface area contributed by atoms with E-state index < -0.39 is 16.9 Å². The van der Waals surface area contributed by atoms with Crippen LogP contribution < -0.4 is 0 Å². The molecule has 1 aromatic rings. The average Bonchev–Trinajstić information content (AvgIpc) is 2.62. The van der Waals surface area contributed by atoms with Crippen LogP contribution in [0, 0.1) is 10.1 Å². The van der Waals surface area contributed by atoms with E-state index in [-0.39, 0.29) is 16.9 Å². The maximum atomic E-state index is 11.6. The van der Waals surface area contributed by atoms with Crippen molar-refractivity contribution >= 4 is 27.7 Å². The molecule has 0 bridgehead atoms. The molecule has 0 radical (unpaired) electrons. The predicted molar refractivity (Wildman–Crippen MR) is 62.5 cm³/mol. The Morgan fingerprint density at radius 2 is 2.35 bits per heavy atom. The van der Waals surface area contributed by atoms with Crippen LogP contribution in [0.2, 0.25) is 0 Å². The van der Waals surface area contributed by atoms with Crippen LogP contribution in [0.4, 0.5) is 5.82 Å². The van der Waals surface area contributed by atoms with E-state index in [2.05, 4.69) is 21.0 Å². The number of rotatable bonds is 5. The van der Waals surface area contributed by atoms with Crippen molar-refractivity contribution in [2.24, 2.45) is 0 Å². The minimum Gasteiger partial charge on any atom is -0.464 e. The lowest BCUT2D eigenvalue weighted by Gasteiger charge is -2.10. The summed E-state index contributed by atoms with van der Waals surface area (Å²) in [6, 6.07) is -0.639. The van der Waals surface area contributed by atoms with E-state index in [1.807, 2.05) is 0 Å². The fourth-order valence-corrected chi connectivity index (χ4v) is 1.78. The van der Waals surface area contributed by atoms with Crippen molar-refractivity contribution in [2.75, 3.05) is 6.61 Å². The molecule has 0 aliphatic carbocycles. The lowest BCUT2D eigenvalue weighted by atomic mass is 10.2. The van der Waals surface area contributed by atoms with Crippen molar-refractivity contribution in [3.8, 4) is 0 Å². The topological polar surface area (TPSA) is 87.3 Å². The number of esters is 1. The van der Waals surface area contributed by atoms with E-state index >= 15 is 0 Å². The van der Waals surface area contributed by atoms with Crippen LogP contribution in [0.15, 0.2) is 10.7 Å². The molecule has 0 aliphatic heterocycles. The molecule has 7 nitrogen and oxygen atoms in total. The summed E-state index contributed by atoms with van der Waals surface area (Å²) in [5.74, 6) is -0.757. The van der Waals surface area contributed by atoms with Crippen molar-refractivity contribution in [1.82, 2.24) is 9.78 Å². The van der Waals surface area contributed by atoms with Crippen LogP contribution in [-0.4, -0.2) is 27.3 Å². The fraction of sp³-hybridized carbons (Fsp3) is 0.556. The molecule has 0 spiro atoms. The number of hydrogen-bond acceptors (Lipinski definition) is 5. The van der Waals surface area contributed by atoms with Crippen molar-refractivity contribution in [3.63, 3.8) is 0 Å². The molecule has 0 saturated carbocycles. The van der Waals surface area contributed by atoms with Crippen LogP contribution in [0.3, 0.4) is 0 Å². The second kappa shape index (κ2) is 5.76. The van der Waals surface area contributed by atoms with Gasteiger partial charge >= 0.3 is 11.8 Å². The van der Waals surface area contributed by atoms with E-state index in [4.69, 9.17) is 4.74 Å². The molecular weight excluding hydrogens is 294 g/mol. The first-order valence-corrected chi connectivity index (χ1v) is 5.86. The average molecular weight is 306 g/mol. The molecule has 1 atom stereocenters. The standard InChI is InChI=1S/C9H12BrN3O4/c1-3-7(9(14)17-4-2)12-5-6(10)8(11-12)13(15)16/h5,7H,3-4H2,1-2H3. The summed E-state index contributed by atoms with van der Waals surface area (Å²) in [4.78, 5) is 21.6. The van der Waals surface area contributed by atoms with Crippen molar-refractivity contribution in [3.05, 3.63) is 20.8 Å². The van der Waals surface area contributed by atoms with Gasteiger partial charge in [0.1, 0.15) is 4.47 Å². The maximum absolute atomic E-state index is 11.6. The summed E-state index contributed by atoms with van der Waals surface area (Å²) in [6.07, 6.45) is 1.85. The number of aromatic nitrogens is 2. The zero-order chi connectivity index (χ0) is 13.0. The van der Waals surface area contributed by atoms with Crippen LogP contribution in [0.25, 0.3) is 0 Å². The Hall–Kier alpha value is -1.44. The normalized spacial score (nSPS) is 12.2. The zero-order valence-corrected chi connectivity index (χ0v) is 11.0. The fourth-order valence-electron chi connectivity index (χ4n) is 1.34. The molecule has 1 unspecified atom stereocenters. The summed E-state index contributed by atoms with van der Waals surface area (Å²) in [7, 11) is 0. The van der Waals surface area contributed by atoms with Gasteiger partial charge in [0.05, 0.1) is 17.9 Å². The highest BCUT2D eigenvalue weighted by Gasteiger charge is 2.28. The van der Waals surface area contributed by atoms with Crippen LogP contribution >= 0.6 is 15.9 Å². The highest BCUT2D eigenvalue weighted by atomic mass is 79.9. The lowest BCUT2D eigenvalue weighted by molar-refractivity contribution is -0.390. The summed E-state index contributed by atoms with van der Waals surface area (Å²) in [6.45, 7) is 3.74. The Kier molecular flexibility index (Phi) is 4.62. The number of carbonyl (C=O) groups excluding carboxylic acids is 1. The summed E-state index contributed by atoms with van der Waals surface area (Å²) < 4.78 is 6.37. The van der Waals surface area contributed by atoms with Gasteiger partial charge in [0.25, 0.3) is 0 Å². The highest BCUT2D eigenvalue weighted by molar-refractivity contribution is 9.10. The molecule has 8 heteroatoms. The predicted octanol–water partition coefficient (Wildman–Crippen LogP) is 2.07. The number of nitro groups is 1. The van der Waals surface area contributed by atoms with Gasteiger partial charge in [-0.2, -0.15) is 4.68 Å². The number of carbonyl (C=O) groups is 1. The third-order valence-electron chi connectivity index (χ3n) is 2.11. The van der Waals surface area contributed by atoms with Gasteiger partial charge in [0.15, 0.2) is 6.04 Å². The molecule has 0 amide bonds. The smallest absolute Gasteiger partial charge is 0.404 e. The van der Waals surface area contributed by atoms with Crippen molar-refractivity contribution < 1.29 is 14.5 Å². The molecule has 0 aliphatic rings. The first-order chi connectivity index (χ1) is 8.01. The van der Waals surface area contributed by atoms with Crippen LogP contribution in [0.5, 0.6) is 0 Å². The SMILES string of the molecule is CCOC(=O)C(CC)n1cc(Br)c([N+](=O)[O-])n1. The maximum Gasteiger partial charge on any atom is 0.404 e. The Labute approximate surface area is 106 Å². The Morgan fingerprint density at radius 3 is 2.76 bits per heavy atom. The first-order valence-electron chi connectivity index (χ1n) is 5.06. The molecule has 1 heterocycles. The number of hydrogen-bond donors (Lipinski definition) is 0. The third kappa shape index (κ3) is 3.02. The van der Waals surface area contributed by atoms with Crippen LogP contribution in [0.1, 0.15) is 26.3 Å². The summed E-state index contributed by atoms with van der Waals surface area (Å²) >= 11 is 3.03. The molecule has 1 rings (SSSR count). The Bertz CT molecular complexity index is 432. The second-order valence-corrected chi connectivity index (χ2v) is 4.07. The van der Waals surface area contributed by atoms with Gasteiger partial charge in [-0.3, -0.25) is 0 Å². The van der Waals surface area contributed by atoms with E-state index in [1.54, 1.807) is 13.8 Å². The number of nitrogens with zero attached hydrogens (tertiary/aromatic N) is 3. The van der Waals surface area contributed by atoms with Gasteiger partial charge in [-0.25, -0.2) is 4.79 Å². The van der Waals surface area contributed by atoms with E-state index in [0.717, 1.165) is 0 Å². The Morgan fingerprint density at radius 1 is 1.71 bits per heavy atom. The van der Waals surface area contributed by atoms with E-state index in [9.17, 15) is 14.9 Å². The van der Waals surface area contributed by atoms with Gasteiger partial charge in [-0.1, -0.05) is 6.92 Å². The second-order valence-electron chi connectivity index (χ2n) is 3.21. The minimum absolute atomic E-state index is 0.241. The molecule has 1 aromatic heterocycles. The first kappa shape index (κ1) is 13.6.